The van der Waals surface area contributed by atoms with Crippen LogP contribution in [0.25, 0.3) is 0 Å². The smallest absolute Gasteiger partial charge is 0.347 e. The van der Waals surface area contributed by atoms with Crippen LogP contribution in [0.3, 0.4) is 0 Å². The molecule has 0 aromatic carbocycles. The summed E-state index contributed by atoms with van der Waals surface area (Å²) in [7, 11) is -2.02. The summed E-state index contributed by atoms with van der Waals surface area (Å²) in [5.74, 6) is -0.457. The number of methoxy groups -OCH3 is 1. The van der Waals surface area contributed by atoms with Gasteiger partial charge in [0.2, 0.25) is 0 Å². The molecular formula is C29H52N3O8P. The lowest BCUT2D eigenvalue weighted by Gasteiger charge is -2.45. The first kappa shape index (κ1) is 34.2. The number of hydrogen-bond acceptors (Lipinski definition) is 9. The van der Waals surface area contributed by atoms with Crippen molar-refractivity contribution in [2.24, 2.45) is 0 Å². The third-order valence-corrected chi connectivity index (χ3v) is 10.8. The lowest BCUT2D eigenvalue weighted by Crippen LogP contribution is -2.52. The van der Waals surface area contributed by atoms with Crippen molar-refractivity contribution in [1.29, 1.82) is 0 Å². The summed E-state index contributed by atoms with van der Waals surface area (Å²) in [5, 5.41) is 11.3. The second-order valence-electron chi connectivity index (χ2n) is 11.2. The first-order valence-corrected chi connectivity index (χ1v) is 17.2. The Kier molecular flexibility index (Phi) is 14.2. The number of ether oxygens (including phenoxy) is 2. The lowest BCUT2D eigenvalue weighted by molar-refractivity contribution is -0.0650. The number of likely N-dealkylation sites (tertiary alicyclic amines) is 1. The highest BCUT2D eigenvalue weighted by atomic mass is 31.2. The summed E-state index contributed by atoms with van der Waals surface area (Å²) in [4.78, 5) is 28.5. The number of aromatic nitrogens is 2. The van der Waals surface area contributed by atoms with Crippen LogP contribution in [0, 0.1) is 0 Å². The van der Waals surface area contributed by atoms with Gasteiger partial charge in [0.05, 0.1) is 13.2 Å². The number of nitrogens with zero attached hydrogens (tertiary/aromatic N) is 2. The van der Waals surface area contributed by atoms with Crippen molar-refractivity contribution in [2.75, 3.05) is 26.9 Å². The monoisotopic (exact) mass is 601 g/mol. The fraction of sp³-hybridized carbons (Fsp3) is 0.862. The van der Waals surface area contributed by atoms with Crippen molar-refractivity contribution in [1.82, 2.24) is 14.5 Å². The molecule has 2 fully saturated rings. The number of aliphatic hydroxyl groups excluding tert-OH is 1. The van der Waals surface area contributed by atoms with Gasteiger partial charge in [0, 0.05) is 32.0 Å². The predicted molar refractivity (Wildman–Crippen MR) is 158 cm³/mol. The highest BCUT2D eigenvalue weighted by molar-refractivity contribution is 7.54. The van der Waals surface area contributed by atoms with Crippen molar-refractivity contribution >= 4 is 7.60 Å². The van der Waals surface area contributed by atoms with E-state index in [4.69, 9.17) is 18.5 Å². The van der Waals surface area contributed by atoms with E-state index in [1.807, 2.05) is 13.8 Å². The van der Waals surface area contributed by atoms with Crippen molar-refractivity contribution in [3.8, 4) is 0 Å². The molecule has 3 heterocycles. The molecule has 2 N–H and O–H groups in total. The van der Waals surface area contributed by atoms with E-state index in [1.54, 1.807) is 0 Å². The first-order chi connectivity index (χ1) is 19.8. The van der Waals surface area contributed by atoms with Gasteiger partial charge in [-0.05, 0) is 39.5 Å². The molecule has 2 unspecified atom stereocenters. The largest absolute Gasteiger partial charge is 0.387 e. The Labute approximate surface area is 244 Å². The van der Waals surface area contributed by atoms with Gasteiger partial charge in [0.25, 0.3) is 5.56 Å². The van der Waals surface area contributed by atoms with Crippen LogP contribution in [0.2, 0.25) is 0 Å². The normalized spacial score (nSPS) is 27.4. The summed E-state index contributed by atoms with van der Waals surface area (Å²) >= 11 is 0. The number of aliphatic hydroxyl groups is 1. The number of aromatic amines is 1. The molecule has 2 aliphatic rings. The minimum Gasteiger partial charge on any atom is -0.387 e. The van der Waals surface area contributed by atoms with E-state index < -0.39 is 49.2 Å². The molecular weight excluding hydrogens is 549 g/mol. The van der Waals surface area contributed by atoms with Gasteiger partial charge in [-0.15, -0.1) is 0 Å². The molecule has 11 nitrogen and oxygen atoms in total. The number of piperidine rings is 1. The molecule has 0 amide bonds. The van der Waals surface area contributed by atoms with Crippen LogP contribution < -0.4 is 11.2 Å². The van der Waals surface area contributed by atoms with Gasteiger partial charge in [0.1, 0.15) is 24.1 Å². The maximum Gasteiger partial charge on any atom is 0.347 e. The first-order valence-electron chi connectivity index (χ1n) is 15.6. The van der Waals surface area contributed by atoms with Crippen LogP contribution in [-0.4, -0.2) is 76.6 Å². The summed E-state index contributed by atoms with van der Waals surface area (Å²) in [5.41, 5.74) is -1.16. The molecule has 0 radical (unpaired) electrons. The molecule has 0 bridgehead atoms. The van der Waals surface area contributed by atoms with E-state index in [1.165, 1.54) is 62.5 Å². The number of hydrogen-bond donors (Lipinski definition) is 2. The van der Waals surface area contributed by atoms with Crippen LogP contribution >= 0.6 is 7.60 Å². The Bertz CT molecular complexity index is 1050. The highest BCUT2D eigenvalue weighted by Gasteiger charge is 2.50. The van der Waals surface area contributed by atoms with Gasteiger partial charge in [-0.2, -0.15) is 0 Å². The summed E-state index contributed by atoms with van der Waals surface area (Å²) in [6.45, 7) is 6.69. The van der Waals surface area contributed by atoms with Crippen molar-refractivity contribution in [2.45, 2.75) is 134 Å². The minimum atomic E-state index is -3.47. The van der Waals surface area contributed by atoms with Crippen LogP contribution in [0.4, 0.5) is 0 Å². The third-order valence-electron chi connectivity index (χ3n) is 8.33. The van der Waals surface area contributed by atoms with Crippen molar-refractivity contribution in [3.63, 3.8) is 0 Å². The molecule has 41 heavy (non-hydrogen) atoms. The molecule has 1 aromatic heterocycles. The predicted octanol–water partition coefficient (Wildman–Crippen LogP) is 4.79. The second kappa shape index (κ2) is 17.1. The van der Waals surface area contributed by atoms with Gasteiger partial charge in [-0.1, -0.05) is 58.3 Å². The van der Waals surface area contributed by atoms with Crippen molar-refractivity contribution in [3.05, 3.63) is 33.1 Å². The van der Waals surface area contributed by atoms with Gasteiger partial charge >= 0.3 is 13.3 Å². The van der Waals surface area contributed by atoms with Crippen molar-refractivity contribution < 1.29 is 28.2 Å². The van der Waals surface area contributed by atoms with Gasteiger partial charge in [-0.3, -0.25) is 23.8 Å². The number of unbranched alkanes of at least 4 members (excludes halogenated alkanes) is 7. The maximum absolute atomic E-state index is 14.1. The Hall–Kier alpha value is -1.33. The Morgan fingerprint density at radius 2 is 1.68 bits per heavy atom. The zero-order valence-corrected chi connectivity index (χ0v) is 26.3. The summed E-state index contributed by atoms with van der Waals surface area (Å²) in [6, 6.07) is 1.37. The fourth-order valence-corrected chi connectivity index (χ4v) is 8.58. The molecule has 236 valence electrons. The van der Waals surface area contributed by atoms with Crippen LogP contribution in [-0.2, 0) is 23.1 Å². The number of H-pyrrole nitrogens is 1. The van der Waals surface area contributed by atoms with Gasteiger partial charge in [-0.25, -0.2) is 4.79 Å². The molecule has 3 rings (SSSR count). The van der Waals surface area contributed by atoms with E-state index in [0.29, 0.717) is 6.42 Å². The van der Waals surface area contributed by atoms with E-state index in [9.17, 15) is 19.3 Å². The zero-order valence-electron chi connectivity index (χ0n) is 25.4. The molecule has 0 aliphatic carbocycles. The SMILES string of the molecule is CCCCCCCCCC[C@H]1CCC[C@H](P(=O)(OCC)OCC)N1C[C@H]1O[C@@H](n2ccc(=O)[nH]c2=O)C(OC)C1O. The maximum atomic E-state index is 14.1. The Morgan fingerprint density at radius 3 is 2.29 bits per heavy atom. The standard InChI is InChI=1S/C29H52N3O8P/c1-5-8-9-10-11-12-13-14-16-22-17-15-18-25(41(36,38-6-2)39-7-3)32(22)21-23-26(34)27(37-4)28(40-23)31-20-19-24(33)30-29(31)35/h19-20,22-23,25-28,34H,5-18,21H2,1-4H3,(H,30,33,35)/t22-,23+,25-,26?,27?,28+/m0/s1. The molecule has 0 spiro atoms. The summed E-state index contributed by atoms with van der Waals surface area (Å²) in [6.07, 6.45) is 11.1. The zero-order chi connectivity index (χ0) is 29.8. The molecule has 0 saturated carbocycles. The van der Waals surface area contributed by atoms with E-state index in [-0.39, 0.29) is 25.8 Å². The lowest BCUT2D eigenvalue weighted by atomic mass is 9.95. The van der Waals surface area contributed by atoms with Gasteiger partial charge in [0.15, 0.2) is 6.23 Å². The molecule has 12 heteroatoms. The highest BCUT2D eigenvalue weighted by Crippen LogP contribution is 2.58. The average molecular weight is 602 g/mol. The molecule has 2 aliphatic heterocycles. The summed E-state index contributed by atoms with van der Waals surface area (Å²) < 4.78 is 38.8. The molecule has 6 atom stereocenters. The number of nitrogens with one attached hydrogen (secondary N) is 1. The average Bonchev–Trinajstić information content (AvgIpc) is 3.25. The van der Waals surface area contributed by atoms with Crippen LogP contribution in [0.5, 0.6) is 0 Å². The van der Waals surface area contributed by atoms with Crippen LogP contribution in [0.15, 0.2) is 21.9 Å². The molecule has 2 saturated heterocycles. The van der Waals surface area contributed by atoms with Crippen LogP contribution in [0.1, 0.15) is 104 Å². The number of rotatable bonds is 18. The molecule has 1 aromatic rings. The van der Waals surface area contributed by atoms with E-state index in [2.05, 4.69) is 16.8 Å². The van der Waals surface area contributed by atoms with E-state index >= 15 is 0 Å². The fourth-order valence-electron chi connectivity index (χ4n) is 6.30. The van der Waals surface area contributed by atoms with Gasteiger partial charge < -0.3 is 23.6 Å². The Balaban J connectivity index is 1.79. The van der Waals surface area contributed by atoms with E-state index in [0.717, 1.165) is 32.1 Å². The third kappa shape index (κ3) is 9.08. The second-order valence-corrected chi connectivity index (χ2v) is 13.4. The Morgan fingerprint density at radius 1 is 1.02 bits per heavy atom. The minimum absolute atomic E-state index is 0.134. The topological polar surface area (TPSA) is 132 Å². The quantitative estimate of drug-likeness (QED) is 0.180.